The molecule has 4 aromatic heterocycles. The van der Waals surface area contributed by atoms with Gasteiger partial charge in [0.1, 0.15) is 22.3 Å². The van der Waals surface area contributed by atoms with Gasteiger partial charge in [-0.2, -0.15) is 0 Å². The summed E-state index contributed by atoms with van der Waals surface area (Å²) in [7, 11) is 0. The minimum Gasteiger partial charge on any atom is -0.455 e. The van der Waals surface area contributed by atoms with E-state index in [4.69, 9.17) is 8.83 Å². The number of hydrogen-bond acceptors (Lipinski definition) is 2. The van der Waals surface area contributed by atoms with E-state index >= 15 is 0 Å². The van der Waals surface area contributed by atoms with Crippen molar-refractivity contribution in [1.29, 1.82) is 0 Å². The Balaban J connectivity index is 0.882. The first kappa shape index (κ1) is 35.0. The predicted octanol–water partition coefficient (Wildman–Crippen LogP) is 16.7. The van der Waals surface area contributed by atoms with Crippen molar-refractivity contribution >= 4 is 87.5 Å². The first-order valence-corrected chi connectivity index (χ1v) is 21.8. The number of rotatable bonds is 5. The number of fused-ring (bicyclic) bond motifs is 12. The molecule has 0 bridgehead atoms. The standard InChI is InChI=1S/C60H36N2O2/c1-5-19-53-45(11-1)47-33-27-39(35-55(47)61(53)41-29-23-37(24-30-41)43-15-9-17-51-49-13-3-7-21-57(49)63-59(43)51)40-28-34-48-46-12-2-6-20-54(46)62(56(48)36-40)42-31-25-38(26-32-42)44-16-10-18-52-50-14-4-8-22-58(50)64-60(44)52/h1-36H. The van der Waals surface area contributed by atoms with Crippen LogP contribution >= 0.6 is 0 Å². The second-order valence-corrected chi connectivity index (χ2v) is 16.8. The van der Waals surface area contributed by atoms with E-state index in [9.17, 15) is 0 Å². The molecule has 4 heterocycles. The summed E-state index contributed by atoms with van der Waals surface area (Å²) in [6.45, 7) is 0. The summed E-state index contributed by atoms with van der Waals surface area (Å²) in [6, 6.07) is 78.6. The second kappa shape index (κ2) is 13.4. The maximum atomic E-state index is 6.42. The van der Waals surface area contributed by atoms with Gasteiger partial charge in [0.25, 0.3) is 0 Å². The molecule has 0 spiro atoms. The Morgan fingerprint density at radius 3 is 1.06 bits per heavy atom. The zero-order chi connectivity index (χ0) is 41.9. The molecule has 4 heteroatoms. The van der Waals surface area contributed by atoms with Gasteiger partial charge in [-0.25, -0.2) is 0 Å². The van der Waals surface area contributed by atoms with Gasteiger partial charge in [-0.15, -0.1) is 0 Å². The first-order chi connectivity index (χ1) is 31.7. The molecule has 64 heavy (non-hydrogen) atoms. The van der Waals surface area contributed by atoms with Gasteiger partial charge in [0, 0.05) is 65.6 Å². The fourth-order valence-corrected chi connectivity index (χ4v) is 10.4. The number of hydrogen-bond donors (Lipinski definition) is 0. The van der Waals surface area contributed by atoms with Crippen molar-refractivity contribution in [2.24, 2.45) is 0 Å². The van der Waals surface area contributed by atoms with Crippen LogP contribution in [0, 0.1) is 0 Å². The normalized spacial score (nSPS) is 12.1. The summed E-state index contributed by atoms with van der Waals surface area (Å²) >= 11 is 0. The van der Waals surface area contributed by atoms with Gasteiger partial charge in [0.2, 0.25) is 0 Å². The van der Waals surface area contributed by atoms with Crippen molar-refractivity contribution in [2.75, 3.05) is 0 Å². The van der Waals surface area contributed by atoms with Crippen LogP contribution < -0.4 is 0 Å². The number of para-hydroxylation sites is 6. The van der Waals surface area contributed by atoms with E-state index in [1.54, 1.807) is 0 Å². The summed E-state index contributed by atoms with van der Waals surface area (Å²) in [5.41, 5.74) is 17.3. The van der Waals surface area contributed by atoms with Crippen LogP contribution in [0.2, 0.25) is 0 Å². The van der Waals surface area contributed by atoms with Crippen molar-refractivity contribution in [3.63, 3.8) is 0 Å². The van der Waals surface area contributed by atoms with Gasteiger partial charge < -0.3 is 18.0 Å². The summed E-state index contributed by atoms with van der Waals surface area (Å²) in [5.74, 6) is 0. The van der Waals surface area contributed by atoms with Gasteiger partial charge in [-0.05, 0) is 82.9 Å². The van der Waals surface area contributed by atoms with Gasteiger partial charge in [-0.3, -0.25) is 0 Å². The summed E-state index contributed by atoms with van der Waals surface area (Å²) in [6.07, 6.45) is 0. The molecule has 0 aliphatic rings. The van der Waals surface area contributed by atoms with Crippen molar-refractivity contribution in [3.05, 3.63) is 218 Å². The highest BCUT2D eigenvalue weighted by molar-refractivity contribution is 6.14. The second-order valence-electron chi connectivity index (χ2n) is 16.8. The Hall–Kier alpha value is -8.60. The first-order valence-electron chi connectivity index (χ1n) is 21.8. The molecule has 10 aromatic carbocycles. The van der Waals surface area contributed by atoms with Crippen LogP contribution in [0.25, 0.3) is 132 Å². The highest BCUT2D eigenvalue weighted by atomic mass is 16.3. The van der Waals surface area contributed by atoms with E-state index in [-0.39, 0.29) is 0 Å². The lowest BCUT2D eigenvalue weighted by Gasteiger charge is -2.12. The molecule has 4 nitrogen and oxygen atoms in total. The van der Waals surface area contributed by atoms with Crippen LogP contribution in [-0.4, -0.2) is 9.13 Å². The lowest BCUT2D eigenvalue weighted by Crippen LogP contribution is -1.95. The topological polar surface area (TPSA) is 36.1 Å². The molecule has 0 fully saturated rings. The third-order valence-electron chi connectivity index (χ3n) is 13.4. The van der Waals surface area contributed by atoms with E-state index in [0.29, 0.717) is 0 Å². The SMILES string of the molecule is c1ccc2c(c1)oc1c(-c3ccc(-n4c5ccccc5c5ccc(-c6ccc7c8ccccc8n(-c8ccc(-c9cccc%10c9oc9ccccc9%10)cc8)c7c6)cc54)cc3)cccc12. The number of nitrogens with zero attached hydrogens (tertiary/aromatic N) is 2. The molecule has 14 aromatic rings. The van der Waals surface area contributed by atoms with Crippen LogP contribution in [0.4, 0.5) is 0 Å². The molecular formula is C60H36N2O2. The van der Waals surface area contributed by atoms with Crippen LogP contribution in [0.15, 0.2) is 227 Å². The zero-order valence-corrected chi connectivity index (χ0v) is 34.5. The molecular weight excluding hydrogens is 781 g/mol. The Kier molecular flexibility index (Phi) is 7.36. The molecule has 0 radical (unpaired) electrons. The predicted molar refractivity (Wildman–Crippen MR) is 266 cm³/mol. The Morgan fingerprint density at radius 1 is 0.250 bits per heavy atom. The zero-order valence-electron chi connectivity index (χ0n) is 34.5. The summed E-state index contributed by atoms with van der Waals surface area (Å²) < 4.78 is 17.7. The molecule has 0 aliphatic heterocycles. The largest absolute Gasteiger partial charge is 0.455 e. The minimum absolute atomic E-state index is 0.909. The van der Waals surface area contributed by atoms with Gasteiger partial charge in [-0.1, -0.05) is 158 Å². The molecule has 0 unspecified atom stereocenters. The third kappa shape index (κ3) is 5.11. The molecule has 0 N–H and O–H groups in total. The van der Waals surface area contributed by atoms with Gasteiger partial charge >= 0.3 is 0 Å². The van der Waals surface area contributed by atoms with E-state index in [2.05, 4.69) is 203 Å². The monoisotopic (exact) mass is 816 g/mol. The van der Waals surface area contributed by atoms with Crippen molar-refractivity contribution in [3.8, 4) is 44.8 Å². The average Bonchev–Trinajstić information content (AvgIpc) is 4.11. The fourth-order valence-electron chi connectivity index (χ4n) is 10.4. The quantitative estimate of drug-likeness (QED) is 0.173. The maximum Gasteiger partial charge on any atom is 0.143 e. The lowest BCUT2D eigenvalue weighted by molar-refractivity contribution is 0.669. The van der Waals surface area contributed by atoms with Crippen LogP contribution in [0.5, 0.6) is 0 Å². The Labute approximate surface area is 367 Å². The molecule has 0 aliphatic carbocycles. The average molecular weight is 817 g/mol. The Bertz CT molecular complexity index is 3900. The highest BCUT2D eigenvalue weighted by Crippen LogP contribution is 2.41. The van der Waals surface area contributed by atoms with Crippen molar-refractivity contribution in [2.45, 2.75) is 0 Å². The Morgan fingerprint density at radius 2 is 0.609 bits per heavy atom. The van der Waals surface area contributed by atoms with Crippen LogP contribution in [-0.2, 0) is 0 Å². The van der Waals surface area contributed by atoms with Gasteiger partial charge in [0.05, 0.1) is 22.1 Å². The molecule has 0 amide bonds. The minimum atomic E-state index is 0.909. The summed E-state index contributed by atoms with van der Waals surface area (Å²) in [4.78, 5) is 0. The number of aromatic nitrogens is 2. The fraction of sp³-hybridized carbons (Fsp3) is 0. The van der Waals surface area contributed by atoms with E-state index in [1.807, 2.05) is 24.3 Å². The summed E-state index contributed by atoms with van der Waals surface area (Å²) in [5, 5.41) is 9.47. The third-order valence-corrected chi connectivity index (χ3v) is 13.4. The molecule has 14 rings (SSSR count). The maximum absolute atomic E-state index is 6.42. The highest BCUT2D eigenvalue weighted by Gasteiger charge is 2.18. The van der Waals surface area contributed by atoms with E-state index < -0.39 is 0 Å². The van der Waals surface area contributed by atoms with Crippen LogP contribution in [0.1, 0.15) is 0 Å². The molecule has 0 atom stereocenters. The lowest BCUT2D eigenvalue weighted by atomic mass is 10.0. The molecule has 0 saturated carbocycles. The van der Waals surface area contributed by atoms with E-state index in [1.165, 1.54) is 43.6 Å². The van der Waals surface area contributed by atoms with Crippen molar-refractivity contribution < 1.29 is 8.83 Å². The van der Waals surface area contributed by atoms with Gasteiger partial charge in [0.15, 0.2) is 0 Å². The molecule has 0 saturated heterocycles. The van der Waals surface area contributed by atoms with E-state index in [0.717, 1.165) is 88.6 Å². The van der Waals surface area contributed by atoms with Crippen LogP contribution in [0.3, 0.4) is 0 Å². The smallest absolute Gasteiger partial charge is 0.143 e. The number of benzene rings is 10. The number of furan rings is 2. The van der Waals surface area contributed by atoms with Crippen molar-refractivity contribution in [1.82, 2.24) is 9.13 Å². The molecule has 298 valence electrons.